The fraction of sp³-hybridized carbons (Fsp3) is 0.321. The maximum atomic E-state index is 14.1. The Morgan fingerprint density at radius 2 is 1.56 bits per heavy atom. The molecule has 4 nitrogen and oxygen atoms in total. The van der Waals surface area contributed by atoms with E-state index in [0.29, 0.717) is 5.69 Å². The molecule has 3 aromatic carbocycles. The number of amides is 1. The zero-order valence-corrected chi connectivity index (χ0v) is 19.2. The molecular formula is C28H28F2N2O2. The van der Waals surface area contributed by atoms with Gasteiger partial charge in [-0.2, -0.15) is 0 Å². The molecule has 0 radical (unpaired) electrons. The third kappa shape index (κ3) is 4.68. The molecule has 1 aliphatic carbocycles. The average Bonchev–Trinajstić information content (AvgIpc) is 3.03. The predicted molar refractivity (Wildman–Crippen MR) is 128 cm³/mol. The van der Waals surface area contributed by atoms with Crippen molar-refractivity contribution in [2.45, 2.75) is 32.4 Å². The first-order valence-corrected chi connectivity index (χ1v) is 11.8. The third-order valence-corrected chi connectivity index (χ3v) is 6.95. The molecule has 176 valence electrons. The highest BCUT2D eigenvalue weighted by atomic mass is 19.1. The Bertz CT molecular complexity index is 1140. The number of piperidine rings is 1. The Kier molecular flexibility index (Phi) is 6.33. The van der Waals surface area contributed by atoms with Crippen molar-refractivity contribution in [3.8, 4) is 0 Å². The maximum Gasteiger partial charge on any atom is 0.419 e. The molecule has 3 aromatic rings. The van der Waals surface area contributed by atoms with Gasteiger partial charge in [0.2, 0.25) is 0 Å². The molecule has 1 aliphatic heterocycles. The molecule has 34 heavy (non-hydrogen) atoms. The number of rotatable bonds is 5. The zero-order chi connectivity index (χ0) is 23.7. The van der Waals surface area contributed by atoms with Gasteiger partial charge in [0.15, 0.2) is 0 Å². The molecule has 2 unspecified atom stereocenters. The van der Waals surface area contributed by atoms with Gasteiger partial charge in [0.1, 0.15) is 17.7 Å². The summed E-state index contributed by atoms with van der Waals surface area (Å²) in [4.78, 5) is 17.2. The topological polar surface area (TPSA) is 32.8 Å². The predicted octanol–water partition coefficient (Wildman–Crippen LogP) is 6.46. The summed E-state index contributed by atoms with van der Waals surface area (Å²) in [5, 5.41) is 0. The Morgan fingerprint density at radius 3 is 2.21 bits per heavy atom. The first-order valence-electron chi connectivity index (χ1n) is 11.8. The minimum Gasteiger partial charge on any atom is -0.445 e. The van der Waals surface area contributed by atoms with E-state index in [0.717, 1.165) is 56.2 Å². The average molecular weight is 463 g/mol. The van der Waals surface area contributed by atoms with Gasteiger partial charge in [-0.15, -0.1) is 0 Å². The lowest BCUT2D eigenvalue weighted by Gasteiger charge is -2.38. The van der Waals surface area contributed by atoms with Crippen LogP contribution < -0.4 is 4.90 Å². The number of nitrogens with zero attached hydrogens (tertiary/aromatic N) is 2. The van der Waals surface area contributed by atoms with E-state index in [2.05, 4.69) is 17.0 Å². The minimum absolute atomic E-state index is 0.116. The summed E-state index contributed by atoms with van der Waals surface area (Å²) < 4.78 is 34.2. The number of para-hydroxylation sites is 1. The van der Waals surface area contributed by atoms with Crippen molar-refractivity contribution < 1.29 is 18.3 Å². The monoisotopic (exact) mass is 462 g/mol. The van der Waals surface area contributed by atoms with Gasteiger partial charge in [0.25, 0.3) is 0 Å². The Labute approximate surface area is 198 Å². The van der Waals surface area contributed by atoms with Crippen LogP contribution in [0.5, 0.6) is 0 Å². The van der Waals surface area contributed by atoms with Gasteiger partial charge in [0, 0.05) is 37.5 Å². The van der Waals surface area contributed by atoms with Crippen LogP contribution in [0.2, 0.25) is 0 Å². The van der Waals surface area contributed by atoms with Crippen LogP contribution in [-0.2, 0) is 11.3 Å². The second-order valence-corrected chi connectivity index (χ2v) is 9.38. The van der Waals surface area contributed by atoms with E-state index >= 15 is 0 Å². The molecule has 1 saturated carbocycles. The number of halogens is 2. The van der Waals surface area contributed by atoms with Crippen molar-refractivity contribution in [2.75, 3.05) is 18.0 Å². The summed E-state index contributed by atoms with van der Waals surface area (Å²) >= 11 is 0. The molecule has 1 heterocycles. The molecular weight excluding hydrogens is 434 g/mol. The summed E-state index contributed by atoms with van der Waals surface area (Å²) in [6.07, 6.45) is 1.21. The van der Waals surface area contributed by atoms with Crippen LogP contribution in [0.15, 0.2) is 72.8 Å². The number of anilines is 2. The van der Waals surface area contributed by atoms with Gasteiger partial charge in [-0.25, -0.2) is 18.5 Å². The van der Waals surface area contributed by atoms with Gasteiger partial charge in [-0.1, -0.05) is 48.5 Å². The summed E-state index contributed by atoms with van der Waals surface area (Å²) in [6.45, 7) is 4.47. The van der Waals surface area contributed by atoms with Gasteiger partial charge in [-0.3, -0.25) is 4.90 Å². The highest BCUT2D eigenvalue weighted by Gasteiger charge is 2.45. The number of benzene rings is 3. The van der Waals surface area contributed by atoms with E-state index < -0.39 is 17.7 Å². The zero-order valence-electron chi connectivity index (χ0n) is 19.2. The molecule has 1 saturated heterocycles. The fourth-order valence-corrected chi connectivity index (χ4v) is 5.43. The number of likely N-dealkylation sites (tertiary alicyclic amines) is 1. The van der Waals surface area contributed by atoms with Crippen LogP contribution in [0.1, 0.15) is 24.0 Å². The van der Waals surface area contributed by atoms with E-state index in [-0.39, 0.29) is 23.6 Å². The van der Waals surface area contributed by atoms with Gasteiger partial charge >= 0.3 is 6.09 Å². The number of fused-ring (bicyclic) bond motifs is 2. The normalized spacial score (nSPS) is 21.9. The fourth-order valence-electron chi connectivity index (χ4n) is 5.43. The van der Waals surface area contributed by atoms with Crippen LogP contribution in [0.4, 0.5) is 25.0 Å². The van der Waals surface area contributed by atoms with Crippen LogP contribution in [0.25, 0.3) is 0 Å². The maximum absolute atomic E-state index is 14.1. The molecule has 2 fully saturated rings. The number of hydrogen-bond acceptors (Lipinski definition) is 3. The lowest BCUT2D eigenvalue weighted by Crippen LogP contribution is -2.47. The first kappa shape index (κ1) is 22.5. The van der Waals surface area contributed by atoms with Crippen molar-refractivity contribution >= 4 is 17.5 Å². The number of carbonyl (C=O) groups is 1. The number of ether oxygens (including phenoxy) is 1. The van der Waals surface area contributed by atoms with E-state index in [1.54, 1.807) is 12.1 Å². The van der Waals surface area contributed by atoms with Crippen molar-refractivity contribution in [3.63, 3.8) is 0 Å². The van der Waals surface area contributed by atoms with Crippen LogP contribution >= 0.6 is 0 Å². The number of hydrogen-bond donors (Lipinski definition) is 0. The van der Waals surface area contributed by atoms with E-state index in [4.69, 9.17) is 4.74 Å². The second kappa shape index (κ2) is 9.55. The quantitative estimate of drug-likeness (QED) is 0.436. The van der Waals surface area contributed by atoms with Crippen molar-refractivity contribution in [1.29, 1.82) is 0 Å². The lowest BCUT2D eigenvalue weighted by atomic mass is 9.94. The van der Waals surface area contributed by atoms with Crippen molar-refractivity contribution in [3.05, 3.63) is 95.6 Å². The minimum atomic E-state index is -0.740. The summed E-state index contributed by atoms with van der Waals surface area (Å²) in [5.41, 5.74) is 2.75. The molecule has 6 heteroatoms. The highest BCUT2D eigenvalue weighted by molar-refractivity contribution is 5.97. The van der Waals surface area contributed by atoms with E-state index in [1.165, 1.54) is 10.5 Å². The lowest BCUT2D eigenvalue weighted by molar-refractivity contribution is 0.000954. The Balaban J connectivity index is 1.36. The second-order valence-electron chi connectivity index (χ2n) is 9.38. The Hall–Kier alpha value is -3.25. The van der Waals surface area contributed by atoms with E-state index in [9.17, 15) is 13.6 Å². The van der Waals surface area contributed by atoms with Crippen LogP contribution in [0.3, 0.4) is 0 Å². The van der Waals surface area contributed by atoms with Gasteiger partial charge in [-0.05, 0) is 49.1 Å². The molecule has 2 aliphatic rings. The van der Waals surface area contributed by atoms with Crippen LogP contribution in [-0.4, -0.2) is 30.2 Å². The smallest absolute Gasteiger partial charge is 0.419 e. The Morgan fingerprint density at radius 1 is 0.941 bits per heavy atom. The third-order valence-electron chi connectivity index (χ3n) is 6.95. The largest absolute Gasteiger partial charge is 0.445 e. The number of aryl methyl sites for hydroxylation is 1. The molecule has 5 rings (SSSR count). The molecule has 2 bridgehead atoms. The molecule has 1 amide bonds. The molecule has 2 atom stereocenters. The number of carbonyl (C=O) groups excluding carboxylic acids is 1. The van der Waals surface area contributed by atoms with Gasteiger partial charge in [0.05, 0.1) is 11.4 Å². The highest BCUT2D eigenvalue weighted by Crippen LogP contribution is 2.40. The van der Waals surface area contributed by atoms with Crippen molar-refractivity contribution in [2.24, 2.45) is 11.8 Å². The first-order chi connectivity index (χ1) is 16.5. The molecule has 0 spiro atoms. The van der Waals surface area contributed by atoms with Gasteiger partial charge < -0.3 is 4.74 Å². The SMILES string of the molecule is Cc1ccccc1N(C(=O)OC1C2CCC1CN(Cc1ccccc1)C2)c1cc(F)cc(F)c1. The molecule has 0 N–H and O–H groups in total. The molecule has 0 aromatic heterocycles. The summed E-state index contributed by atoms with van der Waals surface area (Å²) in [5.74, 6) is -0.991. The standard InChI is InChI=1S/C28H28F2N2O2/c1-19-7-5-6-10-26(19)32(25-14-23(29)13-24(30)15-25)28(33)34-27-21-11-12-22(27)18-31(17-21)16-20-8-3-2-4-9-20/h2-10,13-15,21-22,27H,11-12,16-18H2,1H3. The van der Waals surface area contributed by atoms with Crippen LogP contribution in [0, 0.1) is 30.4 Å². The summed E-state index contributed by atoms with van der Waals surface area (Å²) in [6, 6.07) is 20.8. The summed E-state index contributed by atoms with van der Waals surface area (Å²) in [7, 11) is 0. The van der Waals surface area contributed by atoms with Crippen molar-refractivity contribution in [1.82, 2.24) is 4.90 Å². The van der Waals surface area contributed by atoms with E-state index in [1.807, 2.05) is 37.3 Å².